The maximum Gasteiger partial charge on any atom is 0.309 e. The number of hydrogen-bond acceptors (Lipinski definition) is 5. The van der Waals surface area contributed by atoms with Crippen LogP contribution in [0.2, 0.25) is 0 Å². The van der Waals surface area contributed by atoms with E-state index in [2.05, 4.69) is 49.7 Å². The van der Waals surface area contributed by atoms with Crippen molar-refractivity contribution in [1.82, 2.24) is 20.5 Å². The first-order valence-corrected chi connectivity index (χ1v) is 10.0. The summed E-state index contributed by atoms with van der Waals surface area (Å²) in [6, 6.07) is 12.1. The summed E-state index contributed by atoms with van der Waals surface area (Å²) in [7, 11) is 4.02. The molecular weight excluding hydrogens is 366 g/mol. The second kappa shape index (κ2) is 10.0. The van der Waals surface area contributed by atoms with Crippen molar-refractivity contribution in [3.05, 3.63) is 59.9 Å². The van der Waals surface area contributed by atoms with Crippen molar-refractivity contribution in [1.29, 1.82) is 0 Å². The van der Waals surface area contributed by atoms with Crippen molar-refractivity contribution >= 4 is 17.5 Å². The lowest BCUT2D eigenvalue weighted by Crippen LogP contribution is -2.43. The highest BCUT2D eigenvalue weighted by molar-refractivity contribution is 6.35. The molecule has 0 radical (unpaired) electrons. The summed E-state index contributed by atoms with van der Waals surface area (Å²) in [5.74, 6) is -1.22. The van der Waals surface area contributed by atoms with Crippen LogP contribution in [-0.2, 0) is 16.1 Å². The Labute approximate surface area is 172 Å². The van der Waals surface area contributed by atoms with Crippen LogP contribution >= 0.6 is 0 Å². The van der Waals surface area contributed by atoms with Gasteiger partial charge in [0.15, 0.2) is 0 Å². The third-order valence-corrected chi connectivity index (χ3v) is 5.24. The highest BCUT2D eigenvalue weighted by Crippen LogP contribution is 2.26. The average Bonchev–Trinajstić information content (AvgIpc) is 3.27. The Morgan fingerprint density at radius 2 is 1.62 bits per heavy atom. The zero-order valence-electron chi connectivity index (χ0n) is 17.1. The number of hydrogen-bond donors (Lipinski definition) is 2. The van der Waals surface area contributed by atoms with Crippen LogP contribution in [0.3, 0.4) is 0 Å². The van der Waals surface area contributed by atoms with Gasteiger partial charge < -0.3 is 15.5 Å². The number of pyridine rings is 1. The van der Waals surface area contributed by atoms with Gasteiger partial charge in [0.2, 0.25) is 0 Å². The topological polar surface area (TPSA) is 77.6 Å². The number of anilines is 1. The van der Waals surface area contributed by atoms with Crippen LogP contribution in [0.1, 0.15) is 30.0 Å². The van der Waals surface area contributed by atoms with Crippen molar-refractivity contribution in [2.24, 2.45) is 0 Å². The number of nitrogens with one attached hydrogen (secondary N) is 2. The summed E-state index contributed by atoms with van der Waals surface area (Å²) in [6.45, 7) is 2.72. The molecule has 0 bridgehead atoms. The van der Waals surface area contributed by atoms with E-state index in [9.17, 15) is 9.59 Å². The number of carbonyl (C=O) groups excluding carboxylic acids is 2. The molecule has 1 fully saturated rings. The van der Waals surface area contributed by atoms with Crippen molar-refractivity contribution < 1.29 is 9.59 Å². The number of carbonyl (C=O) groups is 2. The molecule has 1 atom stereocenters. The number of nitrogens with zero attached hydrogens (tertiary/aromatic N) is 3. The molecule has 1 aliphatic heterocycles. The van der Waals surface area contributed by atoms with E-state index < -0.39 is 11.8 Å². The predicted molar refractivity (Wildman–Crippen MR) is 113 cm³/mol. The van der Waals surface area contributed by atoms with E-state index in [-0.39, 0.29) is 6.04 Å². The van der Waals surface area contributed by atoms with Gasteiger partial charge in [0.1, 0.15) is 0 Å². The lowest BCUT2D eigenvalue weighted by molar-refractivity contribution is -0.139. The molecule has 3 rings (SSSR count). The first-order chi connectivity index (χ1) is 14.0. The summed E-state index contributed by atoms with van der Waals surface area (Å²) in [6.07, 6.45) is 5.63. The molecule has 7 nitrogen and oxygen atoms in total. The minimum Gasteiger partial charge on any atom is -0.378 e. The van der Waals surface area contributed by atoms with Crippen molar-refractivity contribution in [3.8, 4) is 0 Å². The molecule has 0 saturated carbocycles. The van der Waals surface area contributed by atoms with Crippen LogP contribution in [0.25, 0.3) is 0 Å². The lowest BCUT2D eigenvalue weighted by atomic mass is 10.0. The average molecular weight is 396 g/mol. The monoisotopic (exact) mass is 395 g/mol. The van der Waals surface area contributed by atoms with Crippen LogP contribution in [0, 0.1) is 0 Å². The molecule has 1 aromatic heterocycles. The van der Waals surface area contributed by atoms with Gasteiger partial charge in [0, 0.05) is 45.3 Å². The lowest BCUT2D eigenvalue weighted by Gasteiger charge is -2.28. The molecule has 2 heterocycles. The molecule has 2 aromatic rings. The van der Waals surface area contributed by atoms with Gasteiger partial charge >= 0.3 is 11.8 Å². The van der Waals surface area contributed by atoms with Crippen LogP contribution in [0.5, 0.6) is 0 Å². The summed E-state index contributed by atoms with van der Waals surface area (Å²) in [5, 5.41) is 5.47. The van der Waals surface area contributed by atoms with E-state index in [1.165, 1.54) is 0 Å². The largest absolute Gasteiger partial charge is 0.378 e. The normalized spacial score (nSPS) is 15.0. The smallest absolute Gasteiger partial charge is 0.309 e. The Morgan fingerprint density at radius 1 is 1.00 bits per heavy atom. The molecule has 2 N–H and O–H groups in total. The van der Waals surface area contributed by atoms with Gasteiger partial charge in [-0.2, -0.15) is 0 Å². The minimum absolute atomic E-state index is 0.0608. The van der Waals surface area contributed by atoms with Crippen LogP contribution in [0.4, 0.5) is 5.69 Å². The van der Waals surface area contributed by atoms with E-state index in [4.69, 9.17) is 0 Å². The summed E-state index contributed by atoms with van der Waals surface area (Å²) < 4.78 is 0. The second-order valence-electron chi connectivity index (χ2n) is 7.49. The summed E-state index contributed by atoms with van der Waals surface area (Å²) in [4.78, 5) is 32.8. The number of rotatable bonds is 7. The molecule has 1 saturated heterocycles. The van der Waals surface area contributed by atoms with E-state index in [1.54, 1.807) is 24.5 Å². The molecule has 29 heavy (non-hydrogen) atoms. The highest BCUT2D eigenvalue weighted by Gasteiger charge is 2.25. The Bertz CT molecular complexity index is 802. The first kappa shape index (κ1) is 20.8. The fourth-order valence-electron chi connectivity index (χ4n) is 3.54. The fourth-order valence-corrected chi connectivity index (χ4v) is 3.54. The minimum atomic E-state index is -0.620. The van der Waals surface area contributed by atoms with Crippen LogP contribution in [-0.4, -0.2) is 55.4 Å². The van der Waals surface area contributed by atoms with Gasteiger partial charge in [0.05, 0.1) is 6.04 Å². The van der Waals surface area contributed by atoms with E-state index >= 15 is 0 Å². The van der Waals surface area contributed by atoms with Gasteiger partial charge in [0.25, 0.3) is 0 Å². The summed E-state index contributed by atoms with van der Waals surface area (Å²) >= 11 is 0. The first-order valence-electron chi connectivity index (χ1n) is 10.0. The third-order valence-electron chi connectivity index (χ3n) is 5.24. The van der Waals surface area contributed by atoms with Crippen molar-refractivity contribution in [2.75, 3.05) is 38.6 Å². The SMILES string of the molecule is CN(C)c1ccc([C@H](CNC(=O)C(=O)NCc2ccncc2)N2CCCC2)cc1. The van der Waals surface area contributed by atoms with E-state index in [0.717, 1.165) is 42.7 Å². The fraction of sp³-hybridized carbons (Fsp3) is 0.409. The number of aromatic nitrogens is 1. The molecule has 1 aliphatic rings. The predicted octanol–water partition coefficient (Wildman–Crippen LogP) is 1.72. The van der Waals surface area contributed by atoms with Gasteiger partial charge in [-0.15, -0.1) is 0 Å². The molecule has 2 amide bonds. The molecular formula is C22H29N5O2. The molecule has 154 valence electrons. The third kappa shape index (κ3) is 5.77. The van der Waals surface area contributed by atoms with Gasteiger partial charge in [-0.1, -0.05) is 12.1 Å². The number of benzene rings is 1. The zero-order valence-corrected chi connectivity index (χ0v) is 17.1. The number of likely N-dealkylation sites (tertiary alicyclic amines) is 1. The molecule has 1 aromatic carbocycles. The molecule has 7 heteroatoms. The second-order valence-corrected chi connectivity index (χ2v) is 7.49. The Balaban J connectivity index is 1.59. The quantitative estimate of drug-likeness (QED) is 0.698. The maximum absolute atomic E-state index is 12.3. The Morgan fingerprint density at radius 3 is 2.24 bits per heavy atom. The highest BCUT2D eigenvalue weighted by atomic mass is 16.2. The molecule has 0 unspecified atom stereocenters. The Kier molecular flexibility index (Phi) is 7.19. The van der Waals surface area contributed by atoms with Gasteiger partial charge in [-0.3, -0.25) is 19.5 Å². The van der Waals surface area contributed by atoms with E-state index in [0.29, 0.717) is 13.1 Å². The van der Waals surface area contributed by atoms with Gasteiger partial charge in [-0.25, -0.2) is 0 Å². The maximum atomic E-state index is 12.3. The summed E-state index contributed by atoms with van der Waals surface area (Å²) in [5.41, 5.74) is 3.18. The standard InChI is InChI=1S/C22H29N5O2/c1-26(2)19-7-5-18(6-8-19)20(27-13-3-4-14-27)16-25-22(29)21(28)24-15-17-9-11-23-12-10-17/h5-12,20H,3-4,13-16H2,1-2H3,(H,24,28)(H,25,29)/t20-/m0/s1. The molecule has 0 spiro atoms. The van der Waals surface area contributed by atoms with Crippen molar-refractivity contribution in [3.63, 3.8) is 0 Å². The van der Waals surface area contributed by atoms with Crippen LogP contribution in [0.15, 0.2) is 48.8 Å². The van der Waals surface area contributed by atoms with Crippen LogP contribution < -0.4 is 15.5 Å². The van der Waals surface area contributed by atoms with Crippen molar-refractivity contribution in [2.45, 2.75) is 25.4 Å². The van der Waals surface area contributed by atoms with E-state index in [1.807, 2.05) is 14.1 Å². The number of amides is 2. The Hall–Kier alpha value is -2.93. The molecule has 0 aliphatic carbocycles. The van der Waals surface area contributed by atoms with Gasteiger partial charge in [-0.05, 0) is 61.3 Å². The zero-order chi connectivity index (χ0) is 20.6.